The molecule has 7 heteroatoms. The van der Waals surface area contributed by atoms with Gasteiger partial charge in [0.2, 0.25) is 0 Å². The van der Waals surface area contributed by atoms with E-state index in [0.29, 0.717) is 22.0 Å². The number of carbonyl (C=O) groups is 1. The second-order valence-corrected chi connectivity index (χ2v) is 7.73. The van der Waals surface area contributed by atoms with Gasteiger partial charge >= 0.3 is 0 Å². The molecule has 0 aliphatic carbocycles. The number of nitro groups is 1. The lowest BCUT2D eigenvalue weighted by Crippen LogP contribution is -2.18. The Labute approximate surface area is 185 Å². The van der Waals surface area contributed by atoms with Gasteiger partial charge in [-0.15, -0.1) is 0 Å². The number of non-ortho nitro benzene ring substituents is 1. The molecular formula is C24H15BrN2O4. The molecule has 0 bridgehead atoms. The zero-order valence-corrected chi connectivity index (χ0v) is 17.6. The van der Waals surface area contributed by atoms with E-state index >= 15 is 0 Å². The average Bonchev–Trinajstić information content (AvgIpc) is 2.77. The van der Waals surface area contributed by atoms with Crippen LogP contribution in [0.15, 0.2) is 88.1 Å². The van der Waals surface area contributed by atoms with Gasteiger partial charge in [0.05, 0.1) is 10.5 Å². The minimum atomic E-state index is -0.552. The summed E-state index contributed by atoms with van der Waals surface area (Å²) in [6.45, 7) is 0. The molecule has 0 atom stereocenters. The first-order chi connectivity index (χ1) is 14.9. The molecule has 4 aromatic rings. The Morgan fingerprint density at radius 2 is 1.77 bits per heavy atom. The van der Waals surface area contributed by atoms with Crippen molar-refractivity contribution in [3.8, 4) is 11.1 Å². The summed E-state index contributed by atoms with van der Waals surface area (Å²) < 4.78 is 0.864. The van der Waals surface area contributed by atoms with Crippen molar-refractivity contribution in [2.75, 3.05) is 0 Å². The molecule has 0 aliphatic rings. The number of hydrogen-bond donors (Lipinski definition) is 1. The van der Waals surface area contributed by atoms with Crippen LogP contribution in [0.1, 0.15) is 15.9 Å². The lowest BCUT2D eigenvalue weighted by Gasteiger charge is -2.11. The molecule has 0 fully saturated rings. The second kappa shape index (κ2) is 8.49. The number of nitro benzene ring substituents is 1. The molecule has 1 N–H and O–H groups in total. The molecule has 31 heavy (non-hydrogen) atoms. The Balaban J connectivity index is 1.95. The summed E-state index contributed by atoms with van der Waals surface area (Å²) in [5.41, 5.74) is 1.46. The number of aromatic nitrogens is 1. The molecule has 3 aromatic carbocycles. The van der Waals surface area contributed by atoms with Gasteiger partial charge in [0.1, 0.15) is 0 Å². The highest BCUT2D eigenvalue weighted by Crippen LogP contribution is 2.32. The number of fused-ring (bicyclic) bond motifs is 1. The van der Waals surface area contributed by atoms with Gasteiger partial charge in [-0.1, -0.05) is 64.5 Å². The van der Waals surface area contributed by atoms with Crippen molar-refractivity contribution >= 4 is 44.4 Å². The summed E-state index contributed by atoms with van der Waals surface area (Å²) in [5.74, 6) is -0.492. The topological polar surface area (TPSA) is 93.1 Å². The van der Waals surface area contributed by atoms with Crippen molar-refractivity contribution in [1.29, 1.82) is 0 Å². The van der Waals surface area contributed by atoms with Crippen LogP contribution in [0.25, 0.3) is 28.1 Å². The van der Waals surface area contributed by atoms with E-state index < -0.39 is 16.3 Å². The van der Waals surface area contributed by atoms with Crippen LogP contribution in [-0.4, -0.2) is 15.7 Å². The lowest BCUT2D eigenvalue weighted by molar-refractivity contribution is -0.384. The molecule has 0 amide bonds. The summed E-state index contributed by atoms with van der Waals surface area (Å²) in [6, 6.07) is 20.5. The fourth-order valence-corrected chi connectivity index (χ4v) is 3.82. The summed E-state index contributed by atoms with van der Waals surface area (Å²) in [5, 5.41) is 11.7. The van der Waals surface area contributed by atoms with Crippen molar-refractivity contribution in [3.05, 3.63) is 115 Å². The van der Waals surface area contributed by atoms with Crippen molar-refractivity contribution in [2.24, 2.45) is 0 Å². The van der Waals surface area contributed by atoms with Gasteiger partial charge in [-0.3, -0.25) is 19.7 Å². The van der Waals surface area contributed by atoms with E-state index in [1.165, 1.54) is 24.3 Å². The molecule has 0 saturated heterocycles. The lowest BCUT2D eigenvalue weighted by atomic mass is 9.93. The van der Waals surface area contributed by atoms with E-state index in [1.54, 1.807) is 30.3 Å². The van der Waals surface area contributed by atoms with Gasteiger partial charge < -0.3 is 4.98 Å². The molecule has 0 unspecified atom stereocenters. The molecule has 1 aromatic heterocycles. The third-order valence-corrected chi connectivity index (χ3v) is 5.29. The Hall–Kier alpha value is -3.84. The van der Waals surface area contributed by atoms with Crippen LogP contribution in [0.4, 0.5) is 5.69 Å². The zero-order chi connectivity index (χ0) is 22.0. The summed E-state index contributed by atoms with van der Waals surface area (Å²) >= 11 is 3.38. The molecule has 0 aliphatic heterocycles. The standard InChI is InChI=1S/C24H15BrN2O4/c25-17-8-4-5-15(13-17)9-12-21(28)23-22(16-6-2-1-3-7-16)19-14-18(27(30)31)10-11-20(19)26-24(23)29/h1-14H,(H,26,29)/b12-9-. The van der Waals surface area contributed by atoms with E-state index in [-0.39, 0.29) is 11.3 Å². The Morgan fingerprint density at radius 1 is 1.00 bits per heavy atom. The predicted molar refractivity (Wildman–Crippen MR) is 124 cm³/mol. The van der Waals surface area contributed by atoms with Crippen LogP contribution >= 0.6 is 15.9 Å². The fraction of sp³-hybridized carbons (Fsp3) is 0. The summed E-state index contributed by atoms with van der Waals surface area (Å²) in [7, 11) is 0. The zero-order valence-electron chi connectivity index (χ0n) is 16.0. The molecular weight excluding hydrogens is 460 g/mol. The summed E-state index contributed by atoms with van der Waals surface area (Å²) in [4.78, 5) is 39.5. The first-order valence-electron chi connectivity index (χ1n) is 9.32. The predicted octanol–water partition coefficient (Wildman–Crippen LogP) is 5.76. The minimum absolute atomic E-state index is 0.0644. The van der Waals surface area contributed by atoms with E-state index in [9.17, 15) is 19.7 Å². The maximum absolute atomic E-state index is 13.1. The number of aromatic amines is 1. The van der Waals surface area contributed by atoms with Crippen LogP contribution in [0.3, 0.4) is 0 Å². The van der Waals surface area contributed by atoms with Crippen LogP contribution in [0.5, 0.6) is 0 Å². The smallest absolute Gasteiger partial charge is 0.270 e. The SMILES string of the molecule is O=C(/C=C\c1cccc(Br)c1)c1c(-c2ccccc2)c2cc([N+](=O)[O-])ccc2[nH]c1=O. The molecule has 0 saturated carbocycles. The van der Waals surface area contributed by atoms with Gasteiger partial charge in [0, 0.05) is 33.1 Å². The quantitative estimate of drug-likeness (QED) is 0.172. The third-order valence-electron chi connectivity index (χ3n) is 4.79. The molecule has 0 radical (unpaired) electrons. The van der Waals surface area contributed by atoms with E-state index in [2.05, 4.69) is 20.9 Å². The number of nitrogens with one attached hydrogen (secondary N) is 1. The Bertz CT molecular complexity index is 1410. The van der Waals surface area contributed by atoms with E-state index in [0.717, 1.165) is 10.0 Å². The molecule has 0 spiro atoms. The molecule has 152 valence electrons. The van der Waals surface area contributed by atoms with Gasteiger partial charge in [-0.05, 0) is 35.4 Å². The normalized spacial score (nSPS) is 11.1. The van der Waals surface area contributed by atoms with E-state index in [1.807, 2.05) is 30.3 Å². The van der Waals surface area contributed by atoms with Crippen molar-refractivity contribution in [1.82, 2.24) is 4.98 Å². The van der Waals surface area contributed by atoms with E-state index in [4.69, 9.17) is 0 Å². The monoisotopic (exact) mass is 474 g/mol. The Morgan fingerprint density at radius 3 is 2.48 bits per heavy atom. The first kappa shape index (κ1) is 20.4. The number of ketones is 1. The maximum atomic E-state index is 13.1. The van der Waals surface area contributed by atoms with Crippen molar-refractivity contribution < 1.29 is 9.72 Å². The third kappa shape index (κ3) is 4.22. The number of benzene rings is 3. The number of nitrogens with zero attached hydrogens (tertiary/aromatic N) is 1. The van der Waals surface area contributed by atoms with Gasteiger partial charge in [0.25, 0.3) is 11.2 Å². The molecule has 4 rings (SSSR count). The number of hydrogen-bond acceptors (Lipinski definition) is 4. The number of halogens is 1. The van der Waals surface area contributed by atoms with Crippen LogP contribution in [0.2, 0.25) is 0 Å². The van der Waals surface area contributed by atoms with Crippen LogP contribution < -0.4 is 5.56 Å². The summed E-state index contributed by atoms with van der Waals surface area (Å²) in [6.07, 6.45) is 2.96. The van der Waals surface area contributed by atoms with Crippen LogP contribution in [-0.2, 0) is 0 Å². The van der Waals surface area contributed by atoms with Crippen LogP contribution in [0, 0.1) is 10.1 Å². The average molecular weight is 475 g/mol. The van der Waals surface area contributed by atoms with Crippen molar-refractivity contribution in [3.63, 3.8) is 0 Å². The highest BCUT2D eigenvalue weighted by Gasteiger charge is 2.21. The van der Waals surface area contributed by atoms with Gasteiger partial charge in [-0.2, -0.15) is 0 Å². The molecule has 6 nitrogen and oxygen atoms in total. The fourth-order valence-electron chi connectivity index (χ4n) is 3.40. The maximum Gasteiger partial charge on any atom is 0.270 e. The number of rotatable bonds is 5. The highest BCUT2D eigenvalue weighted by atomic mass is 79.9. The van der Waals surface area contributed by atoms with Gasteiger partial charge in [-0.25, -0.2) is 0 Å². The number of H-pyrrole nitrogens is 1. The first-order valence-corrected chi connectivity index (χ1v) is 10.1. The molecule has 1 heterocycles. The largest absolute Gasteiger partial charge is 0.321 e. The Kier molecular flexibility index (Phi) is 5.60. The number of pyridine rings is 1. The number of allylic oxidation sites excluding steroid dienone is 1. The minimum Gasteiger partial charge on any atom is -0.321 e. The van der Waals surface area contributed by atoms with Gasteiger partial charge in [0.15, 0.2) is 5.78 Å². The second-order valence-electron chi connectivity index (χ2n) is 6.81. The number of carbonyl (C=O) groups excluding carboxylic acids is 1. The van der Waals surface area contributed by atoms with Crippen molar-refractivity contribution in [2.45, 2.75) is 0 Å². The highest BCUT2D eigenvalue weighted by molar-refractivity contribution is 9.10.